The highest BCUT2D eigenvalue weighted by molar-refractivity contribution is 5.13. The molecule has 1 N–H and O–H groups in total. The molecule has 1 aliphatic rings. The van der Waals surface area contributed by atoms with Crippen LogP contribution in [0.4, 0.5) is 0 Å². The molecule has 0 radical (unpaired) electrons. The predicted octanol–water partition coefficient (Wildman–Crippen LogP) is 3.00. The Morgan fingerprint density at radius 1 is 1.42 bits per heavy atom. The second-order valence-corrected chi connectivity index (χ2v) is 5.64. The van der Waals surface area contributed by atoms with E-state index in [2.05, 4.69) is 35.1 Å². The zero-order valence-corrected chi connectivity index (χ0v) is 12.3. The minimum atomic E-state index is 0.399. The van der Waals surface area contributed by atoms with Gasteiger partial charge in [-0.1, -0.05) is 13.0 Å². The van der Waals surface area contributed by atoms with Gasteiger partial charge in [0.25, 0.3) is 0 Å². The van der Waals surface area contributed by atoms with Gasteiger partial charge in [-0.3, -0.25) is 4.98 Å². The van der Waals surface area contributed by atoms with Crippen molar-refractivity contribution in [2.45, 2.75) is 51.6 Å². The van der Waals surface area contributed by atoms with Gasteiger partial charge in [-0.15, -0.1) is 0 Å². The molecule has 19 heavy (non-hydrogen) atoms. The average Bonchev–Trinajstić information content (AvgIpc) is 2.66. The van der Waals surface area contributed by atoms with Crippen LogP contribution in [0.2, 0.25) is 0 Å². The van der Waals surface area contributed by atoms with E-state index in [1.807, 2.05) is 18.5 Å². The minimum absolute atomic E-state index is 0.399. The SMILES string of the molecule is CCCN1CCCC(N[C@@H](C)c2cccnc2)CC1. The van der Waals surface area contributed by atoms with E-state index in [-0.39, 0.29) is 0 Å². The van der Waals surface area contributed by atoms with Crippen LogP contribution in [0.3, 0.4) is 0 Å². The van der Waals surface area contributed by atoms with Gasteiger partial charge in [-0.25, -0.2) is 0 Å². The molecule has 0 spiro atoms. The van der Waals surface area contributed by atoms with Crippen LogP contribution >= 0.6 is 0 Å². The molecule has 0 saturated carbocycles. The highest BCUT2D eigenvalue weighted by Gasteiger charge is 2.18. The first kappa shape index (κ1) is 14.5. The van der Waals surface area contributed by atoms with Crippen LogP contribution < -0.4 is 5.32 Å². The number of nitrogens with one attached hydrogen (secondary N) is 1. The second-order valence-electron chi connectivity index (χ2n) is 5.64. The lowest BCUT2D eigenvalue weighted by atomic mass is 10.1. The normalized spacial score (nSPS) is 22.9. The number of rotatable bonds is 5. The summed E-state index contributed by atoms with van der Waals surface area (Å²) < 4.78 is 0. The fraction of sp³-hybridized carbons (Fsp3) is 0.688. The van der Waals surface area contributed by atoms with Crippen LogP contribution in [-0.2, 0) is 0 Å². The van der Waals surface area contributed by atoms with Gasteiger partial charge in [0.2, 0.25) is 0 Å². The van der Waals surface area contributed by atoms with E-state index in [0.29, 0.717) is 12.1 Å². The van der Waals surface area contributed by atoms with Gasteiger partial charge >= 0.3 is 0 Å². The summed E-state index contributed by atoms with van der Waals surface area (Å²) in [6.45, 7) is 8.28. The van der Waals surface area contributed by atoms with E-state index >= 15 is 0 Å². The molecule has 2 heterocycles. The molecule has 1 aliphatic heterocycles. The minimum Gasteiger partial charge on any atom is -0.307 e. The third-order valence-electron chi connectivity index (χ3n) is 4.03. The number of hydrogen-bond acceptors (Lipinski definition) is 3. The number of likely N-dealkylation sites (tertiary alicyclic amines) is 1. The summed E-state index contributed by atoms with van der Waals surface area (Å²) >= 11 is 0. The summed E-state index contributed by atoms with van der Waals surface area (Å²) in [5.41, 5.74) is 1.29. The molecule has 0 bridgehead atoms. The van der Waals surface area contributed by atoms with Crippen LogP contribution in [0, 0.1) is 0 Å². The quantitative estimate of drug-likeness (QED) is 0.883. The lowest BCUT2D eigenvalue weighted by Gasteiger charge is -2.23. The molecule has 3 heteroatoms. The molecule has 0 aliphatic carbocycles. The first-order valence-corrected chi connectivity index (χ1v) is 7.68. The van der Waals surface area contributed by atoms with E-state index in [1.54, 1.807) is 0 Å². The Balaban J connectivity index is 1.83. The third-order valence-corrected chi connectivity index (χ3v) is 4.03. The van der Waals surface area contributed by atoms with E-state index in [1.165, 1.54) is 50.9 Å². The summed E-state index contributed by atoms with van der Waals surface area (Å²) in [6, 6.07) is 5.22. The highest BCUT2D eigenvalue weighted by Crippen LogP contribution is 2.17. The smallest absolute Gasteiger partial charge is 0.0315 e. The molecule has 1 aromatic rings. The molecule has 1 aromatic heterocycles. The number of pyridine rings is 1. The largest absolute Gasteiger partial charge is 0.307 e. The van der Waals surface area contributed by atoms with E-state index in [0.717, 1.165) is 0 Å². The lowest BCUT2D eigenvalue weighted by Crippen LogP contribution is -2.33. The standard InChI is InChI=1S/C16H27N3/c1-3-10-19-11-5-7-16(8-12-19)18-14(2)15-6-4-9-17-13-15/h4,6,9,13-14,16,18H,3,5,7-8,10-12H2,1-2H3/t14-,16?/m0/s1. The van der Waals surface area contributed by atoms with Crippen molar-refractivity contribution in [1.82, 2.24) is 15.2 Å². The van der Waals surface area contributed by atoms with E-state index < -0.39 is 0 Å². The van der Waals surface area contributed by atoms with Crippen LogP contribution in [0.5, 0.6) is 0 Å². The zero-order chi connectivity index (χ0) is 13.5. The Labute approximate surface area is 117 Å². The van der Waals surface area contributed by atoms with Crippen molar-refractivity contribution in [2.24, 2.45) is 0 Å². The molecule has 2 rings (SSSR count). The van der Waals surface area contributed by atoms with Gasteiger partial charge in [0.15, 0.2) is 0 Å². The Bertz CT molecular complexity index is 352. The summed E-state index contributed by atoms with van der Waals surface area (Å²) in [7, 11) is 0. The van der Waals surface area contributed by atoms with Gasteiger partial charge in [-0.05, 0) is 63.9 Å². The molecule has 106 valence electrons. The first-order chi connectivity index (χ1) is 9.29. The van der Waals surface area contributed by atoms with Crippen molar-refractivity contribution in [1.29, 1.82) is 0 Å². The van der Waals surface area contributed by atoms with Crippen molar-refractivity contribution in [2.75, 3.05) is 19.6 Å². The Hall–Kier alpha value is -0.930. The van der Waals surface area contributed by atoms with Crippen molar-refractivity contribution < 1.29 is 0 Å². The lowest BCUT2D eigenvalue weighted by molar-refractivity contribution is 0.281. The molecule has 2 atom stereocenters. The van der Waals surface area contributed by atoms with E-state index in [4.69, 9.17) is 0 Å². The third kappa shape index (κ3) is 4.59. The van der Waals surface area contributed by atoms with Crippen LogP contribution in [-0.4, -0.2) is 35.6 Å². The average molecular weight is 261 g/mol. The van der Waals surface area contributed by atoms with Gasteiger partial charge in [-0.2, -0.15) is 0 Å². The van der Waals surface area contributed by atoms with Crippen LogP contribution in [0.15, 0.2) is 24.5 Å². The van der Waals surface area contributed by atoms with Crippen molar-refractivity contribution in [3.63, 3.8) is 0 Å². The molecular formula is C16H27N3. The monoisotopic (exact) mass is 261 g/mol. The fourth-order valence-corrected chi connectivity index (χ4v) is 2.94. The molecule has 1 saturated heterocycles. The van der Waals surface area contributed by atoms with E-state index in [9.17, 15) is 0 Å². The number of nitrogens with zero attached hydrogens (tertiary/aromatic N) is 2. The number of aromatic nitrogens is 1. The van der Waals surface area contributed by atoms with Crippen molar-refractivity contribution >= 4 is 0 Å². The van der Waals surface area contributed by atoms with Crippen molar-refractivity contribution in [3.05, 3.63) is 30.1 Å². The van der Waals surface area contributed by atoms with Crippen LogP contribution in [0.1, 0.15) is 51.1 Å². The molecular weight excluding hydrogens is 234 g/mol. The number of hydrogen-bond donors (Lipinski definition) is 1. The Morgan fingerprint density at radius 3 is 3.05 bits per heavy atom. The maximum Gasteiger partial charge on any atom is 0.0315 e. The maximum atomic E-state index is 4.21. The Kier molecular flexibility index (Phi) is 5.80. The first-order valence-electron chi connectivity index (χ1n) is 7.68. The molecule has 1 unspecified atom stereocenters. The molecule has 0 aromatic carbocycles. The fourth-order valence-electron chi connectivity index (χ4n) is 2.94. The summed E-state index contributed by atoms with van der Waals surface area (Å²) in [4.78, 5) is 6.81. The van der Waals surface area contributed by atoms with Gasteiger partial charge in [0.05, 0.1) is 0 Å². The molecule has 0 amide bonds. The van der Waals surface area contributed by atoms with Gasteiger partial charge < -0.3 is 10.2 Å². The Morgan fingerprint density at radius 2 is 2.32 bits per heavy atom. The van der Waals surface area contributed by atoms with Crippen molar-refractivity contribution in [3.8, 4) is 0 Å². The second kappa shape index (κ2) is 7.61. The maximum absolute atomic E-state index is 4.21. The van der Waals surface area contributed by atoms with Gasteiger partial charge in [0, 0.05) is 24.5 Å². The highest BCUT2D eigenvalue weighted by atomic mass is 15.1. The summed E-state index contributed by atoms with van der Waals surface area (Å²) in [5, 5.41) is 3.77. The predicted molar refractivity (Wildman–Crippen MR) is 80.2 cm³/mol. The summed E-state index contributed by atoms with van der Waals surface area (Å²) in [5.74, 6) is 0. The molecule has 1 fully saturated rings. The van der Waals surface area contributed by atoms with Crippen LogP contribution in [0.25, 0.3) is 0 Å². The summed E-state index contributed by atoms with van der Waals surface area (Å²) in [6.07, 6.45) is 8.96. The zero-order valence-electron chi connectivity index (χ0n) is 12.3. The van der Waals surface area contributed by atoms with Gasteiger partial charge in [0.1, 0.15) is 0 Å². The topological polar surface area (TPSA) is 28.2 Å². The molecule has 3 nitrogen and oxygen atoms in total.